The van der Waals surface area contributed by atoms with Gasteiger partial charge < -0.3 is 10.2 Å². The van der Waals surface area contributed by atoms with Gasteiger partial charge in [-0.2, -0.15) is 18.4 Å². The normalized spacial score (nSPS) is 16.5. The number of nitriles is 1. The minimum Gasteiger partial charge on any atom is -0.356 e. The molecule has 2 heterocycles. The lowest BCUT2D eigenvalue weighted by Gasteiger charge is -2.25. The minimum absolute atomic E-state index is 0.0497. The van der Waals surface area contributed by atoms with Crippen molar-refractivity contribution in [1.82, 2.24) is 4.98 Å². The van der Waals surface area contributed by atoms with E-state index in [-0.39, 0.29) is 48.6 Å². The Morgan fingerprint density at radius 2 is 1.93 bits per heavy atom. The van der Waals surface area contributed by atoms with E-state index >= 15 is 0 Å². The van der Waals surface area contributed by atoms with Crippen LogP contribution in [0.3, 0.4) is 0 Å². The second-order valence-electron chi connectivity index (χ2n) is 6.91. The van der Waals surface area contributed by atoms with Crippen molar-refractivity contribution in [1.29, 1.82) is 5.26 Å². The number of carbonyl (C=O) groups excluding carboxylic acids is 1. The summed E-state index contributed by atoms with van der Waals surface area (Å²) in [5.41, 5.74) is -0.826. The largest absolute Gasteiger partial charge is 0.433 e. The fourth-order valence-corrected chi connectivity index (χ4v) is 3.17. The molecule has 1 N–H and O–H groups in total. The number of aromatic nitrogens is 1. The maximum Gasteiger partial charge on any atom is 0.433 e. The average Bonchev–Trinajstić information content (AvgIpc) is 2.87. The van der Waals surface area contributed by atoms with Gasteiger partial charge in [0.15, 0.2) is 0 Å². The molecule has 158 valence electrons. The van der Waals surface area contributed by atoms with E-state index in [2.05, 4.69) is 10.3 Å². The Kier molecular flexibility index (Phi) is 5.92. The first-order chi connectivity index (χ1) is 14.1. The predicted molar refractivity (Wildman–Crippen MR) is 99.4 cm³/mol. The second kappa shape index (κ2) is 8.26. The number of rotatable bonds is 3. The topological polar surface area (TPSA) is 69.0 Å². The summed E-state index contributed by atoms with van der Waals surface area (Å²) in [6.07, 6.45) is -5.63. The van der Waals surface area contributed by atoms with Crippen molar-refractivity contribution < 1.29 is 26.7 Å². The molecule has 1 amide bonds. The molecule has 3 rings (SSSR count). The summed E-state index contributed by atoms with van der Waals surface area (Å²) >= 11 is 0. The van der Waals surface area contributed by atoms with E-state index in [1.807, 2.05) is 6.07 Å². The maximum atomic E-state index is 13.7. The third-order valence-corrected chi connectivity index (χ3v) is 4.68. The molecule has 1 fully saturated rings. The summed E-state index contributed by atoms with van der Waals surface area (Å²) in [6.45, 7) is -0.181. The van der Waals surface area contributed by atoms with E-state index in [9.17, 15) is 26.7 Å². The zero-order valence-electron chi connectivity index (χ0n) is 15.6. The molecular formula is C20H17F5N4O. The molecule has 0 aliphatic carbocycles. The van der Waals surface area contributed by atoms with E-state index in [0.29, 0.717) is 6.07 Å². The minimum atomic E-state index is -4.75. The number of amides is 1. The van der Waals surface area contributed by atoms with Crippen LogP contribution in [0.25, 0.3) is 0 Å². The molecule has 1 saturated heterocycles. The van der Waals surface area contributed by atoms with Crippen LogP contribution in [-0.4, -0.2) is 29.9 Å². The zero-order valence-corrected chi connectivity index (χ0v) is 15.6. The number of hydrogen-bond acceptors (Lipinski definition) is 4. The lowest BCUT2D eigenvalue weighted by Crippen LogP contribution is -2.30. The molecule has 30 heavy (non-hydrogen) atoms. The van der Waals surface area contributed by atoms with E-state index in [1.54, 1.807) is 0 Å². The van der Waals surface area contributed by atoms with Crippen molar-refractivity contribution >= 4 is 17.4 Å². The molecule has 1 aliphatic rings. The van der Waals surface area contributed by atoms with Gasteiger partial charge in [-0.15, -0.1) is 0 Å². The Morgan fingerprint density at radius 3 is 2.63 bits per heavy atom. The molecule has 0 spiro atoms. The molecule has 2 aromatic rings. The number of anilines is 2. The van der Waals surface area contributed by atoms with Crippen molar-refractivity contribution in [2.24, 2.45) is 0 Å². The average molecular weight is 424 g/mol. The summed E-state index contributed by atoms with van der Waals surface area (Å²) < 4.78 is 66.9. The molecule has 1 aromatic carbocycles. The third-order valence-electron chi connectivity index (χ3n) is 4.68. The monoisotopic (exact) mass is 424 g/mol. The van der Waals surface area contributed by atoms with E-state index < -0.39 is 30.1 Å². The first kappa shape index (κ1) is 21.5. The highest BCUT2D eigenvalue weighted by Gasteiger charge is 2.36. The Morgan fingerprint density at radius 1 is 1.17 bits per heavy atom. The van der Waals surface area contributed by atoms with Gasteiger partial charge in [0.25, 0.3) is 5.91 Å². The highest BCUT2D eigenvalue weighted by atomic mass is 19.4. The van der Waals surface area contributed by atoms with Gasteiger partial charge in [-0.05, 0) is 36.8 Å². The molecule has 0 unspecified atom stereocenters. The van der Waals surface area contributed by atoms with Gasteiger partial charge in [-0.25, -0.2) is 13.8 Å². The van der Waals surface area contributed by atoms with Gasteiger partial charge in [-0.3, -0.25) is 4.79 Å². The second-order valence-corrected chi connectivity index (χ2v) is 6.91. The number of benzene rings is 1. The molecule has 10 heteroatoms. The number of nitrogens with one attached hydrogen (secondary N) is 1. The quantitative estimate of drug-likeness (QED) is 0.716. The first-order valence-electron chi connectivity index (χ1n) is 9.12. The summed E-state index contributed by atoms with van der Waals surface area (Å²) in [5.74, 6) is -3.97. The molecule has 0 radical (unpaired) electrons. The SMILES string of the molecule is N#Cc1cccc(NC(=O)c2ccc(C(F)(F)F)nc2N2CCCC(F)(F)CC2)c1. The van der Waals surface area contributed by atoms with Gasteiger partial charge >= 0.3 is 6.18 Å². The highest BCUT2D eigenvalue weighted by molar-refractivity contribution is 6.07. The van der Waals surface area contributed by atoms with Gasteiger partial charge in [-0.1, -0.05) is 6.07 Å². The van der Waals surface area contributed by atoms with Crippen LogP contribution < -0.4 is 10.2 Å². The molecule has 0 saturated carbocycles. The van der Waals surface area contributed by atoms with Crippen LogP contribution in [-0.2, 0) is 6.18 Å². The standard InChI is InChI=1S/C20H17F5N4O/c21-19(22)7-2-9-29(10-8-19)17-15(5-6-16(28-17)20(23,24)25)18(30)27-14-4-1-3-13(11-14)12-26/h1,3-6,11H,2,7-10H2,(H,27,30). The third kappa shape index (κ3) is 5.03. The number of nitrogens with zero attached hydrogens (tertiary/aromatic N) is 3. The van der Waals surface area contributed by atoms with Crippen LogP contribution in [0.4, 0.5) is 33.5 Å². The molecule has 5 nitrogen and oxygen atoms in total. The first-order valence-corrected chi connectivity index (χ1v) is 9.12. The fourth-order valence-electron chi connectivity index (χ4n) is 3.17. The summed E-state index contributed by atoms with van der Waals surface area (Å²) in [4.78, 5) is 17.6. The van der Waals surface area contributed by atoms with Crippen LogP contribution in [0.15, 0.2) is 36.4 Å². The van der Waals surface area contributed by atoms with E-state index in [0.717, 1.165) is 6.07 Å². The number of carbonyl (C=O) groups is 1. The number of pyridine rings is 1. The van der Waals surface area contributed by atoms with Crippen LogP contribution in [0.2, 0.25) is 0 Å². The van der Waals surface area contributed by atoms with Crippen molar-refractivity contribution in [3.63, 3.8) is 0 Å². The molecule has 0 bridgehead atoms. The summed E-state index contributed by atoms with van der Waals surface area (Å²) in [5, 5.41) is 11.5. The number of alkyl halides is 5. The maximum absolute atomic E-state index is 13.7. The Labute approximate surface area is 169 Å². The number of hydrogen-bond donors (Lipinski definition) is 1. The van der Waals surface area contributed by atoms with Crippen LogP contribution in [0.1, 0.15) is 40.9 Å². The zero-order chi connectivity index (χ0) is 21.9. The summed E-state index contributed by atoms with van der Waals surface area (Å²) in [7, 11) is 0. The van der Waals surface area contributed by atoms with Crippen LogP contribution >= 0.6 is 0 Å². The smallest absolute Gasteiger partial charge is 0.356 e. The van der Waals surface area contributed by atoms with E-state index in [1.165, 1.54) is 29.2 Å². The van der Waals surface area contributed by atoms with Crippen LogP contribution in [0.5, 0.6) is 0 Å². The van der Waals surface area contributed by atoms with Crippen molar-refractivity contribution in [2.75, 3.05) is 23.3 Å². The van der Waals surface area contributed by atoms with E-state index in [4.69, 9.17) is 5.26 Å². The molecule has 0 atom stereocenters. The Balaban J connectivity index is 1.96. The van der Waals surface area contributed by atoms with Gasteiger partial charge in [0.2, 0.25) is 5.92 Å². The fraction of sp³-hybridized carbons (Fsp3) is 0.350. The molecular weight excluding hydrogens is 407 g/mol. The molecule has 1 aromatic heterocycles. The highest BCUT2D eigenvalue weighted by Crippen LogP contribution is 2.34. The van der Waals surface area contributed by atoms with Crippen LogP contribution in [0, 0.1) is 11.3 Å². The Hall–Kier alpha value is -3.22. The lowest BCUT2D eigenvalue weighted by molar-refractivity contribution is -0.141. The lowest BCUT2D eigenvalue weighted by atomic mass is 10.1. The van der Waals surface area contributed by atoms with Gasteiger partial charge in [0.1, 0.15) is 11.5 Å². The molecule has 1 aliphatic heterocycles. The van der Waals surface area contributed by atoms with Crippen molar-refractivity contribution in [2.45, 2.75) is 31.4 Å². The number of halogens is 5. The van der Waals surface area contributed by atoms with Crippen molar-refractivity contribution in [3.05, 3.63) is 53.2 Å². The van der Waals surface area contributed by atoms with Crippen molar-refractivity contribution in [3.8, 4) is 6.07 Å². The van der Waals surface area contributed by atoms with Gasteiger partial charge in [0.05, 0.1) is 17.2 Å². The summed E-state index contributed by atoms with van der Waals surface area (Å²) in [6, 6.07) is 9.56. The Bertz CT molecular complexity index is 984. The van der Waals surface area contributed by atoms with Gasteiger partial charge in [0, 0.05) is 31.6 Å². The predicted octanol–water partition coefficient (Wildman–Crippen LogP) is 4.85.